The van der Waals surface area contributed by atoms with Crippen LogP contribution in [0.15, 0.2) is 41.3 Å². The van der Waals surface area contributed by atoms with E-state index in [4.69, 9.17) is 21.1 Å². The maximum absolute atomic E-state index is 12.8. The summed E-state index contributed by atoms with van der Waals surface area (Å²) in [7, 11) is -0.548. The number of nitrogens with one attached hydrogen (secondary N) is 1. The highest BCUT2D eigenvalue weighted by Crippen LogP contribution is 2.27. The topological polar surface area (TPSA) is 84.9 Å². The number of carbonyl (C=O) groups excluding carboxylic acids is 1. The zero-order valence-corrected chi connectivity index (χ0v) is 17.8. The third-order valence-corrected chi connectivity index (χ3v) is 7.04. The molecule has 0 bridgehead atoms. The molecule has 0 aromatic heterocycles. The van der Waals surface area contributed by atoms with Gasteiger partial charge in [0.2, 0.25) is 10.0 Å². The summed E-state index contributed by atoms with van der Waals surface area (Å²) in [6, 6.07) is 9.47. The molecule has 156 valence electrons. The molecule has 1 aliphatic rings. The van der Waals surface area contributed by atoms with Crippen LogP contribution in [0.5, 0.6) is 11.5 Å². The van der Waals surface area contributed by atoms with Crippen LogP contribution < -0.4 is 14.8 Å². The molecule has 1 fully saturated rings. The molecule has 1 amide bonds. The number of rotatable bonds is 7. The highest BCUT2D eigenvalue weighted by molar-refractivity contribution is 7.89. The molecule has 0 radical (unpaired) electrons. The van der Waals surface area contributed by atoms with Crippen molar-refractivity contribution in [1.82, 2.24) is 9.62 Å². The number of hydrogen-bond donors (Lipinski definition) is 1. The Morgan fingerprint density at radius 3 is 2.48 bits per heavy atom. The molecule has 1 heterocycles. The Morgan fingerprint density at radius 1 is 1.10 bits per heavy atom. The molecule has 29 heavy (non-hydrogen) atoms. The van der Waals surface area contributed by atoms with Crippen molar-refractivity contribution in [3.8, 4) is 11.5 Å². The van der Waals surface area contributed by atoms with Gasteiger partial charge in [-0.25, -0.2) is 8.42 Å². The van der Waals surface area contributed by atoms with Crippen molar-refractivity contribution >= 4 is 27.5 Å². The van der Waals surface area contributed by atoms with Crippen molar-refractivity contribution in [3.63, 3.8) is 0 Å². The van der Waals surface area contributed by atoms with Crippen LogP contribution in [-0.4, -0.2) is 45.9 Å². The van der Waals surface area contributed by atoms with Crippen molar-refractivity contribution < 1.29 is 22.7 Å². The van der Waals surface area contributed by atoms with Crippen LogP contribution in [0.25, 0.3) is 0 Å². The van der Waals surface area contributed by atoms with E-state index < -0.39 is 15.9 Å². The molecule has 0 aliphatic carbocycles. The van der Waals surface area contributed by atoms with E-state index in [1.165, 1.54) is 29.6 Å². The van der Waals surface area contributed by atoms with Crippen molar-refractivity contribution in [1.29, 1.82) is 0 Å². The average molecular weight is 439 g/mol. The van der Waals surface area contributed by atoms with Crippen molar-refractivity contribution in [2.45, 2.75) is 24.3 Å². The molecule has 2 aromatic rings. The smallest absolute Gasteiger partial charge is 0.253 e. The first-order chi connectivity index (χ1) is 13.9. The molecule has 3 rings (SSSR count). The van der Waals surface area contributed by atoms with Gasteiger partial charge in [-0.1, -0.05) is 11.6 Å². The standard InChI is InChI=1S/C20H23ClN2O5S/c1-27-15-6-5-14(19(11-15)28-2)13-22-20(24)17-12-16(7-8-18(17)21)29(25,26)23-9-3-4-10-23/h5-8,11-12H,3-4,9-10,13H2,1-2H3,(H,22,24). The van der Waals surface area contributed by atoms with Crippen molar-refractivity contribution in [2.75, 3.05) is 27.3 Å². The fourth-order valence-corrected chi connectivity index (χ4v) is 4.93. The molecular weight excluding hydrogens is 416 g/mol. The molecular formula is C20H23ClN2O5S. The molecule has 0 saturated carbocycles. The normalized spacial score (nSPS) is 14.6. The Hall–Kier alpha value is -2.29. The number of benzene rings is 2. The zero-order chi connectivity index (χ0) is 21.0. The number of ether oxygens (including phenoxy) is 2. The van der Waals surface area contributed by atoms with E-state index >= 15 is 0 Å². The van der Waals surface area contributed by atoms with Crippen LogP contribution in [0.1, 0.15) is 28.8 Å². The largest absolute Gasteiger partial charge is 0.497 e. The van der Waals surface area contributed by atoms with Crippen LogP contribution >= 0.6 is 11.6 Å². The third kappa shape index (κ3) is 4.66. The number of methoxy groups -OCH3 is 2. The molecule has 0 spiro atoms. The summed E-state index contributed by atoms with van der Waals surface area (Å²) in [5.74, 6) is 0.743. The number of amides is 1. The van der Waals surface area contributed by atoms with Crippen LogP contribution in [0.3, 0.4) is 0 Å². The fourth-order valence-electron chi connectivity index (χ4n) is 3.19. The summed E-state index contributed by atoms with van der Waals surface area (Å²) in [5, 5.41) is 2.95. The lowest BCUT2D eigenvalue weighted by atomic mass is 10.1. The molecule has 1 aliphatic heterocycles. The van der Waals surface area contributed by atoms with Gasteiger partial charge in [0.15, 0.2) is 0 Å². The van der Waals surface area contributed by atoms with Gasteiger partial charge in [0.1, 0.15) is 11.5 Å². The number of sulfonamides is 1. The monoisotopic (exact) mass is 438 g/mol. The molecule has 0 atom stereocenters. The zero-order valence-electron chi connectivity index (χ0n) is 16.3. The summed E-state index contributed by atoms with van der Waals surface area (Å²) >= 11 is 6.17. The number of carbonyl (C=O) groups is 1. The minimum atomic E-state index is -3.64. The van der Waals surface area contributed by atoms with Gasteiger partial charge in [0.05, 0.1) is 29.7 Å². The van der Waals surface area contributed by atoms with Crippen molar-refractivity contribution in [3.05, 3.63) is 52.5 Å². The molecule has 0 unspecified atom stereocenters. The first-order valence-electron chi connectivity index (χ1n) is 9.15. The Bertz CT molecular complexity index is 1000. The second-order valence-corrected chi connectivity index (χ2v) is 8.96. The Balaban J connectivity index is 1.79. The average Bonchev–Trinajstić information content (AvgIpc) is 3.28. The highest BCUT2D eigenvalue weighted by atomic mass is 35.5. The van der Waals surface area contributed by atoms with Crippen LogP contribution in [0, 0.1) is 0 Å². The summed E-state index contributed by atoms with van der Waals surface area (Å²) in [6.45, 7) is 1.17. The van der Waals surface area contributed by atoms with Gasteiger partial charge in [0, 0.05) is 31.3 Å². The molecule has 9 heteroatoms. The summed E-state index contributed by atoms with van der Waals surface area (Å²) in [6.07, 6.45) is 1.67. The molecule has 7 nitrogen and oxygen atoms in total. The predicted molar refractivity (Wildman–Crippen MR) is 110 cm³/mol. The van der Waals surface area contributed by atoms with E-state index in [0.717, 1.165) is 18.4 Å². The van der Waals surface area contributed by atoms with E-state index in [-0.39, 0.29) is 22.0 Å². The van der Waals surface area contributed by atoms with Gasteiger partial charge in [-0.3, -0.25) is 4.79 Å². The van der Waals surface area contributed by atoms with Crippen molar-refractivity contribution in [2.24, 2.45) is 0 Å². The van der Waals surface area contributed by atoms with Crippen LogP contribution in [-0.2, 0) is 16.6 Å². The quantitative estimate of drug-likeness (QED) is 0.718. The molecule has 1 saturated heterocycles. The van der Waals surface area contributed by atoms with Crippen LogP contribution in [0.2, 0.25) is 5.02 Å². The lowest BCUT2D eigenvalue weighted by molar-refractivity contribution is 0.0950. The maximum Gasteiger partial charge on any atom is 0.253 e. The maximum atomic E-state index is 12.8. The predicted octanol–water partition coefficient (Wildman–Crippen LogP) is 3.07. The summed E-state index contributed by atoms with van der Waals surface area (Å²) in [4.78, 5) is 12.8. The summed E-state index contributed by atoms with van der Waals surface area (Å²) < 4.78 is 37.5. The van der Waals surface area contributed by atoms with Crippen LogP contribution in [0.4, 0.5) is 0 Å². The highest BCUT2D eigenvalue weighted by Gasteiger charge is 2.28. The number of hydrogen-bond acceptors (Lipinski definition) is 5. The second-order valence-electron chi connectivity index (χ2n) is 6.61. The number of halogens is 1. The Kier molecular flexibility index (Phi) is 6.66. The van der Waals surface area contributed by atoms with Gasteiger partial charge >= 0.3 is 0 Å². The Labute approximate surface area is 175 Å². The first-order valence-corrected chi connectivity index (χ1v) is 11.0. The van der Waals surface area contributed by atoms with Gasteiger partial charge < -0.3 is 14.8 Å². The minimum absolute atomic E-state index is 0.0657. The van der Waals surface area contributed by atoms with Gasteiger partial charge in [0.25, 0.3) is 5.91 Å². The van der Waals surface area contributed by atoms with Gasteiger partial charge in [-0.15, -0.1) is 0 Å². The third-order valence-electron chi connectivity index (χ3n) is 4.82. The van der Waals surface area contributed by atoms with E-state index in [1.807, 2.05) is 0 Å². The fraction of sp³-hybridized carbons (Fsp3) is 0.350. The molecule has 1 N–H and O–H groups in total. The summed E-state index contributed by atoms with van der Waals surface area (Å²) in [5.41, 5.74) is 0.859. The second kappa shape index (κ2) is 9.02. The van der Waals surface area contributed by atoms with E-state index in [2.05, 4.69) is 5.32 Å². The van der Waals surface area contributed by atoms with E-state index in [0.29, 0.717) is 24.6 Å². The lowest BCUT2D eigenvalue weighted by Crippen LogP contribution is -2.28. The van der Waals surface area contributed by atoms with Gasteiger partial charge in [-0.2, -0.15) is 4.31 Å². The van der Waals surface area contributed by atoms with E-state index in [9.17, 15) is 13.2 Å². The Morgan fingerprint density at radius 2 is 1.83 bits per heavy atom. The lowest BCUT2D eigenvalue weighted by Gasteiger charge is -2.16. The number of nitrogens with zero attached hydrogens (tertiary/aromatic N) is 1. The first kappa shape index (κ1) is 21.4. The molecule has 2 aromatic carbocycles. The SMILES string of the molecule is COc1ccc(CNC(=O)c2cc(S(=O)(=O)N3CCCC3)ccc2Cl)c(OC)c1. The van der Waals surface area contributed by atoms with Gasteiger partial charge in [-0.05, 0) is 43.2 Å². The minimum Gasteiger partial charge on any atom is -0.497 e. The van der Waals surface area contributed by atoms with E-state index in [1.54, 1.807) is 25.3 Å².